The molecule has 0 aromatic heterocycles. The molecule has 3 nitrogen and oxygen atoms in total. The summed E-state index contributed by atoms with van der Waals surface area (Å²) in [6, 6.07) is 6.34. The van der Waals surface area contributed by atoms with E-state index in [0.717, 1.165) is 18.8 Å². The average Bonchev–Trinajstić information content (AvgIpc) is 2.33. The van der Waals surface area contributed by atoms with E-state index in [4.69, 9.17) is 10.5 Å². The van der Waals surface area contributed by atoms with Crippen LogP contribution in [0.25, 0.3) is 0 Å². The molecule has 2 rings (SSSR count). The molecule has 0 bridgehead atoms. The minimum Gasteiger partial charge on any atom is -0.496 e. The smallest absolute Gasteiger partial charge is 0.121 e. The maximum atomic E-state index is 5.92. The van der Waals surface area contributed by atoms with Crippen molar-refractivity contribution < 1.29 is 4.74 Å². The molecule has 1 aromatic rings. The molecule has 0 heterocycles. The Morgan fingerprint density at radius 1 is 1.39 bits per heavy atom. The highest BCUT2D eigenvalue weighted by Gasteiger charge is 2.36. The molecule has 1 saturated carbocycles. The Labute approximate surface area is 110 Å². The lowest BCUT2D eigenvalue weighted by molar-refractivity contribution is 0.154. The van der Waals surface area contributed by atoms with Crippen molar-refractivity contribution in [3.63, 3.8) is 0 Å². The Morgan fingerprint density at radius 3 is 2.56 bits per heavy atom. The van der Waals surface area contributed by atoms with Gasteiger partial charge >= 0.3 is 0 Å². The first-order chi connectivity index (χ1) is 8.60. The van der Waals surface area contributed by atoms with Crippen LogP contribution in [0.2, 0.25) is 0 Å². The zero-order valence-corrected chi connectivity index (χ0v) is 11.7. The number of benzene rings is 1. The third-order valence-electron chi connectivity index (χ3n) is 4.24. The molecule has 0 saturated heterocycles. The number of anilines is 1. The van der Waals surface area contributed by atoms with E-state index in [1.165, 1.54) is 30.5 Å². The largest absolute Gasteiger partial charge is 0.496 e. The summed E-state index contributed by atoms with van der Waals surface area (Å²) in [6.07, 6.45) is 3.86. The Balaban J connectivity index is 2.09. The molecule has 18 heavy (non-hydrogen) atoms. The van der Waals surface area contributed by atoms with Gasteiger partial charge in [0.2, 0.25) is 0 Å². The van der Waals surface area contributed by atoms with Gasteiger partial charge in [0.1, 0.15) is 5.75 Å². The molecule has 0 amide bonds. The van der Waals surface area contributed by atoms with Crippen LogP contribution >= 0.6 is 0 Å². The van der Waals surface area contributed by atoms with Gasteiger partial charge in [-0.05, 0) is 50.1 Å². The molecule has 0 atom stereocenters. The number of methoxy groups -OCH3 is 1. The molecule has 0 unspecified atom stereocenters. The normalized spacial score (nSPS) is 17.1. The van der Waals surface area contributed by atoms with Crippen LogP contribution in [0.3, 0.4) is 0 Å². The maximum Gasteiger partial charge on any atom is 0.121 e. The van der Waals surface area contributed by atoms with Crippen molar-refractivity contribution in [2.24, 2.45) is 11.1 Å². The van der Waals surface area contributed by atoms with Crippen molar-refractivity contribution in [3.8, 4) is 5.75 Å². The standard InChI is InChI=1S/C15H24N2O/c1-12-9-13(5-6-14(12)18-3)17(2)11-15(10-16)7-4-8-15/h5-6,9H,4,7-8,10-11,16H2,1-3H3. The summed E-state index contributed by atoms with van der Waals surface area (Å²) in [5.74, 6) is 0.948. The summed E-state index contributed by atoms with van der Waals surface area (Å²) >= 11 is 0. The number of nitrogens with zero attached hydrogens (tertiary/aromatic N) is 1. The zero-order valence-electron chi connectivity index (χ0n) is 11.7. The highest BCUT2D eigenvalue weighted by molar-refractivity contribution is 5.52. The zero-order chi connectivity index (χ0) is 13.2. The molecular weight excluding hydrogens is 224 g/mol. The summed E-state index contributed by atoms with van der Waals surface area (Å²) in [5, 5.41) is 0. The number of aryl methyl sites for hydroxylation is 1. The Bertz CT molecular complexity index is 407. The minimum absolute atomic E-state index is 0.350. The highest BCUT2D eigenvalue weighted by atomic mass is 16.5. The van der Waals surface area contributed by atoms with Crippen molar-refractivity contribution in [1.29, 1.82) is 0 Å². The van der Waals surface area contributed by atoms with Crippen molar-refractivity contribution >= 4 is 5.69 Å². The number of hydrogen-bond acceptors (Lipinski definition) is 3. The monoisotopic (exact) mass is 248 g/mol. The quantitative estimate of drug-likeness (QED) is 0.870. The predicted octanol–water partition coefficient (Wildman–Crippen LogP) is 2.57. The van der Waals surface area contributed by atoms with E-state index in [0.29, 0.717) is 5.41 Å². The third-order valence-corrected chi connectivity index (χ3v) is 4.24. The predicted molar refractivity (Wildman–Crippen MR) is 76.3 cm³/mol. The van der Waals surface area contributed by atoms with Gasteiger partial charge in [-0.3, -0.25) is 0 Å². The van der Waals surface area contributed by atoms with Gasteiger partial charge in [-0.25, -0.2) is 0 Å². The van der Waals surface area contributed by atoms with Crippen LogP contribution < -0.4 is 15.4 Å². The second-order valence-corrected chi connectivity index (χ2v) is 5.57. The number of ether oxygens (including phenoxy) is 1. The van der Waals surface area contributed by atoms with Crippen molar-refractivity contribution in [2.75, 3.05) is 32.1 Å². The van der Waals surface area contributed by atoms with Gasteiger partial charge in [0.25, 0.3) is 0 Å². The fraction of sp³-hybridized carbons (Fsp3) is 0.600. The molecule has 0 aliphatic heterocycles. The van der Waals surface area contributed by atoms with Gasteiger partial charge in [-0.2, -0.15) is 0 Å². The van der Waals surface area contributed by atoms with Crippen molar-refractivity contribution in [1.82, 2.24) is 0 Å². The lowest BCUT2D eigenvalue weighted by atomic mass is 9.68. The van der Waals surface area contributed by atoms with Gasteiger partial charge in [0.05, 0.1) is 7.11 Å². The van der Waals surface area contributed by atoms with Gasteiger partial charge in [0.15, 0.2) is 0 Å². The molecule has 1 aliphatic carbocycles. The Hall–Kier alpha value is -1.22. The molecular formula is C15H24N2O. The molecule has 0 radical (unpaired) electrons. The molecule has 1 aromatic carbocycles. The summed E-state index contributed by atoms with van der Waals surface area (Å²) in [5.41, 5.74) is 8.70. The molecule has 0 spiro atoms. The third kappa shape index (κ3) is 2.46. The second kappa shape index (κ2) is 5.19. The topological polar surface area (TPSA) is 38.5 Å². The van der Waals surface area contributed by atoms with Crippen molar-refractivity contribution in [2.45, 2.75) is 26.2 Å². The number of hydrogen-bond donors (Lipinski definition) is 1. The lowest BCUT2D eigenvalue weighted by Gasteiger charge is -2.44. The SMILES string of the molecule is COc1ccc(N(C)CC2(CN)CCC2)cc1C. The molecule has 100 valence electrons. The molecule has 3 heteroatoms. The summed E-state index contributed by atoms with van der Waals surface area (Å²) in [7, 11) is 3.86. The van der Waals surface area contributed by atoms with Crippen LogP contribution in [0, 0.1) is 12.3 Å². The van der Waals surface area contributed by atoms with Gasteiger partial charge in [-0.1, -0.05) is 6.42 Å². The number of nitrogens with two attached hydrogens (primary N) is 1. The maximum absolute atomic E-state index is 5.92. The summed E-state index contributed by atoms with van der Waals surface area (Å²) in [4.78, 5) is 2.32. The van der Waals surface area contributed by atoms with E-state index in [1.54, 1.807) is 7.11 Å². The van der Waals surface area contributed by atoms with Gasteiger partial charge < -0.3 is 15.4 Å². The van der Waals surface area contributed by atoms with E-state index < -0.39 is 0 Å². The molecule has 1 fully saturated rings. The first-order valence-corrected chi connectivity index (χ1v) is 6.66. The van der Waals surface area contributed by atoms with Crippen LogP contribution in [0.15, 0.2) is 18.2 Å². The van der Waals surface area contributed by atoms with E-state index in [1.807, 2.05) is 6.07 Å². The van der Waals surface area contributed by atoms with Gasteiger partial charge in [0, 0.05) is 24.7 Å². The summed E-state index contributed by atoms with van der Waals surface area (Å²) in [6.45, 7) is 3.93. The lowest BCUT2D eigenvalue weighted by Crippen LogP contribution is -2.46. The second-order valence-electron chi connectivity index (χ2n) is 5.57. The van der Waals surface area contributed by atoms with Gasteiger partial charge in [-0.15, -0.1) is 0 Å². The summed E-state index contributed by atoms with van der Waals surface area (Å²) < 4.78 is 5.30. The van der Waals surface area contributed by atoms with Crippen LogP contribution in [-0.4, -0.2) is 27.2 Å². The first kappa shape index (κ1) is 13.2. The Kier molecular flexibility index (Phi) is 3.81. The fourth-order valence-corrected chi connectivity index (χ4v) is 2.80. The van der Waals surface area contributed by atoms with Crippen LogP contribution in [0.4, 0.5) is 5.69 Å². The fourth-order valence-electron chi connectivity index (χ4n) is 2.80. The van der Waals surface area contributed by atoms with Crippen molar-refractivity contribution in [3.05, 3.63) is 23.8 Å². The number of rotatable bonds is 5. The van der Waals surface area contributed by atoms with Crippen LogP contribution in [0.1, 0.15) is 24.8 Å². The first-order valence-electron chi connectivity index (χ1n) is 6.66. The van der Waals surface area contributed by atoms with E-state index in [9.17, 15) is 0 Å². The van der Waals surface area contributed by atoms with E-state index in [2.05, 4.69) is 31.0 Å². The minimum atomic E-state index is 0.350. The van der Waals surface area contributed by atoms with Crippen LogP contribution in [0.5, 0.6) is 5.75 Å². The van der Waals surface area contributed by atoms with Crippen LogP contribution in [-0.2, 0) is 0 Å². The van der Waals surface area contributed by atoms with E-state index >= 15 is 0 Å². The highest BCUT2D eigenvalue weighted by Crippen LogP contribution is 2.41. The van der Waals surface area contributed by atoms with E-state index in [-0.39, 0.29) is 0 Å². The Morgan fingerprint density at radius 2 is 2.11 bits per heavy atom. The molecule has 1 aliphatic rings. The average molecular weight is 248 g/mol. The molecule has 2 N–H and O–H groups in total.